The number of nitrogens with zero attached hydrogens (tertiary/aromatic N) is 2. The van der Waals surface area contributed by atoms with Crippen LogP contribution in [0.2, 0.25) is 0 Å². The lowest BCUT2D eigenvalue weighted by Gasteiger charge is -2.37. The molecule has 3 N–H and O–H groups in total. The Bertz CT molecular complexity index is 824. The second kappa shape index (κ2) is 12.8. The molecule has 2 aromatic rings. The number of hydrogen-bond donors (Lipinski definition) is 3. The van der Waals surface area contributed by atoms with Gasteiger partial charge >= 0.3 is 0 Å². The molecule has 1 aliphatic heterocycles. The maximum atomic E-state index is 9.96. The molecular formula is C24H35IN4O2. The number of hydrogen-bond acceptors (Lipinski definition) is 4. The number of aromatic hydroxyl groups is 1. The molecular weight excluding hydrogens is 503 g/mol. The molecule has 6 nitrogen and oxygen atoms in total. The Morgan fingerprint density at radius 1 is 1.19 bits per heavy atom. The predicted molar refractivity (Wildman–Crippen MR) is 137 cm³/mol. The van der Waals surface area contributed by atoms with Crippen molar-refractivity contribution < 1.29 is 9.84 Å². The molecule has 3 rings (SSSR count). The van der Waals surface area contributed by atoms with E-state index >= 15 is 0 Å². The number of aliphatic imine (C=N–C) groups is 1. The van der Waals surface area contributed by atoms with Crippen molar-refractivity contribution in [1.82, 2.24) is 15.5 Å². The molecule has 1 fully saturated rings. The number of phenols is 1. The molecule has 7 heteroatoms. The summed E-state index contributed by atoms with van der Waals surface area (Å²) < 4.78 is 5.10. The number of likely N-dealkylation sites (tertiary alicyclic amines) is 1. The summed E-state index contributed by atoms with van der Waals surface area (Å²) in [5.74, 6) is 1.44. The molecule has 31 heavy (non-hydrogen) atoms. The van der Waals surface area contributed by atoms with Gasteiger partial charge in [-0.2, -0.15) is 0 Å². The van der Waals surface area contributed by atoms with Crippen molar-refractivity contribution in [3.8, 4) is 11.5 Å². The van der Waals surface area contributed by atoms with Crippen LogP contribution in [-0.2, 0) is 6.54 Å². The Morgan fingerprint density at radius 3 is 2.52 bits per heavy atom. The van der Waals surface area contributed by atoms with Crippen LogP contribution in [0.5, 0.6) is 11.5 Å². The topological polar surface area (TPSA) is 69.1 Å². The van der Waals surface area contributed by atoms with Crippen LogP contribution in [0, 0.1) is 0 Å². The number of piperidine rings is 1. The smallest absolute Gasteiger partial charge is 0.191 e. The minimum atomic E-state index is 0. The van der Waals surface area contributed by atoms with Gasteiger partial charge in [-0.1, -0.05) is 36.4 Å². The summed E-state index contributed by atoms with van der Waals surface area (Å²) in [4.78, 5) is 7.26. The van der Waals surface area contributed by atoms with E-state index in [1.165, 1.54) is 5.56 Å². The molecule has 0 amide bonds. The molecule has 0 saturated carbocycles. The van der Waals surface area contributed by atoms with E-state index in [-0.39, 0.29) is 29.7 Å². The van der Waals surface area contributed by atoms with Gasteiger partial charge in [-0.3, -0.25) is 4.90 Å². The van der Waals surface area contributed by atoms with E-state index in [0.29, 0.717) is 24.4 Å². The fraction of sp³-hybridized carbons (Fsp3) is 0.458. The number of ether oxygens (including phenoxy) is 1. The SMILES string of the molecule is CCNC(=NCc1ccc(OC)c(O)c1)NC1CCN(C(C)c2ccccc2)CC1.I. The summed E-state index contributed by atoms with van der Waals surface area (Å²) in [5, 5.41) is 16.9. The summed E-state index contributed by atoms with van der Waals surface area (Å²) in [6.45, 7) is 7.80. The van der Waals surface area contributed by atoms with Crippen molar-refractivity contribution in [3.63, 3.8) is 0 Å². The second-order valence-electron chi connectivity index (χ2n) is 7.74. The Labute approximate surface area is 203 Å². The van der Waals surface area contributed by atoms with Gasteiger partial charge in [0, 0.05) is 31.7 Å². The van der Waals surface area contributed by atoms with Gasteiger partial charge in [0.2, 0.25) is 0 Å². The molecule has 2 aromatic carbocycles. The Balaban J connectivity index is 0.00000341. The van der Waals surface area contributed by atoms with Crippen LogP contribution in [-0.4, -0.2) is 48.8 Å². The summed E-state index contributed by atoms with van der Waals surface area (Å²) in [6, 6.07) is 17.0. The number of phenolic OH excluding ortho intramolecular Hbond substituents is 1. The molecule has 170 valence electrons. The number of rotatable bonds is 7. The number of nitrogens with one attached hydrogen (secondary N) is 2. The molecule has 1 unspecified atom stereocenters. The van der Waals surface area contributed by atoms with Crippen LogP contribution in [0.4, 0.5) is 0 Å². The fourth-order valence-corrected chi connectivity index (χ4v) is 3.89. The van der Waals surface area contributed by atoms with Crippen LogP contribution in [0.1, 0.15) is 43.9 Å². The minimum absolute atomic E-state index is 0. The average Bonchev–Trinajstić information content (AvgIpc) is 2.78. The van der Waals surface area contributed by atoms with Gasteiger partial charge in [-0.05, 0) is 49.9 Å². The van der Waals surface area contributed by atoms with Gasteiger partial charge in [0.15, 0.2) is 17.5 Å². The first-order valence-electron chi connectivity index (χ1n) is 10.8. The first-order valence-corrected chi connectivity index (χ1v) is 10.8. The molecule has 1 aliphatic rings. The predicted octanol–water partition coefficient (Wildman–Crippen LogP) is 4.30. The van der Waals surface area contributed by atoms with Gasteiger partial charge in [0.1, 0.15) is 0 Å². The van der Waals surface area contributed by atoms with E-state index < -0.39 is 0 Å². The molecule has 1 atom stereocenters. The summed E-state index contributed by atoms with van der Waals surface area (Å²) in [5.41, 5.74) is 2.32. The monoisotopic (exact) mass is 538 g/mol. The Kier molecular flexibility index (Phi) is 10.4. The number of benzene rings is 2. The third-order valence-electron chi connectivity index (χ3n) is 5.71. The van der Waals surface area contributed by atoms with Gasteiger partial charge in [-0.15, -0.1) is 24.0 Å². The zero-order valence-corrected chi connectivity index (χ0v) is 21.0. The minimum Gasteiger partial charge on any atom is -0.504 e. The van der Waals surface area contributed by atoms with E-state index in [4.69, 9.17) is 9.73 Å². The number of guanidine groups is 1. The normalized spacial score (nSPS) is 16.3. The van der Waals surface area contributed by atoms with Crippen LogP contribution < -0.4 is 15.4 Å². The zero-order chi connectivity index (χ0) is 21.3. The average molecular weight is 538 g/mol. The maximum absolute atomic E-state index is 9.96. The first kappa shape index (κ1) is 25.3. The summed E-state index contributed by atoms with van der Waals surface area (Å²) in [6.07, 6.45) is 2.18. The molecule has 0 radical (unpaired) electrons. The van der Waals surface area contributed by atoms with E-state index in [1.807, 2.05) is 6.07 Å². The second-order valence-corrected chi connectivity index (χ2v) is 7.74. The van der Waals surface area contributed by atoms with Crippen molar-refractivity contribution in [1.29, 1.82) is 0 Å². The zero-order valence-electron chi connectivity index (χ0n) is 18.7. The Hall–Kier alpha value is -2.00. The number of halogens is 1. The van der Waals surface area contributed by atoms with E-state index in [9.17, 15) is 5.11 Å². The summed E-state index contributed by atoms with van der Waals surface area (Å²) >= 11 is 0. The first-order chi connectivity index (χ1) is 14.6. The molecule has 0 bridgehead atoms. The maximum Gasteiger partial charge on any atom is 0.191 e. The highest BCUT2D eigenvalue weighted by Crippen LogP contribution is 2.26. The molecule has 0 aromatic heterocycles. The molecule has 0 spiro atoms. The van der Waals surface area contributed by atoms with Crippen molar-refractivity contribution in [2.24, 2.45) is 4.99 Å². The van der Waals surface area contributed by atoms with Crippen LogP contribution >= 0.6 is 24.0 Å². The molecule has 1 heterocycles. The van der Waals surface area contributed by atoms with Crippen molar-refractivity contribution in [2.45, 2.75) is 45.3 Å². The van der Waals surface area contributed by atoms with Gasteiger partial charge in [-0.25, -0.2) is 4.99 Å². The van der Waals surface area contributed by atoms with Gasteiger partial charge in [0.05, 0.1) is 13.7 Å². The van der Waals surface area contributed by atoms with Gasteiger partial charge in [0.25, 0.3) is 0 Å². The van der Waals surface area contributed by atoms with Crippen LogP contribution in [0.15, 0.2) is 53.5 Å². The fourth-order valence-electron chi connectivity index (χ4n) is 3.89. The van der Waals surface area contributed by atoms with E-state index in [0.717, 1.165) is 44.0 Å². The lowest BCUT2D eigenvalue weighted by Crippen LogP contribution is -2.49. The van der Waals surface area contributed by atoms with E-state index in [2.05, 4.69) is 59.7 Å². The lowest BCUT2D eigenvalue weighted by molar-refractivity contribution is 0.158. The highest BCUT2D eigenvalue weighted by molar-refractivity contribution is 14.0. The number of methoxy groups -OCH3 is 1. The lowest BCUT2D eigenvalue weighted by atomic mass is 10.0. The summed E-state index contributed by atoms with van der Waals surface area (Å²) in [7, 11) is 1.55. The van der Waals surface area contributed by atoms with E-state index in [1.54, 1.807) is 19.2 Å². The van der Waals surface area contributed by atoms with Crippen LogP contribution in [0.25, 0.3) is 0 Å². The molecule has 1 saturated heterocycles. The largest absolute Gasteiger partial charge is 0.504 e. The third kappa shape index (κ3) is 7.28. The van der Waals surface area contributed by atoms with Crippen molar-refractivity contribution >= 4 is 29.9 Å². The van der Waals surface area contributed by atoms with Gasteiger partial charge < -0.3 is 20.5 Å². The highest BCUT2D eigenvalue weighted by atomic mass is 127. The highest BCUT2D eigenvalue weighted by Gasteiger charge is 2.24. The molecule has 0 aliphatic carbocycles. The quantitative estimate of drug-likeness (QED) is 0.279. The van der Waals surface area contributed by atoms with Crippen molar-refractivity contribution in [2.75, 3.05) is 26.7 Å². The van der Waals surface area contributed by atoms with Crippen molar-refractivity contribution in [3.05, 3.63) is 59.7 Å². The Morgan fingerprint density at radius 2 is 1.90 bits per heavy atom. The van der Waals surface area contributed by atoms with Crippen LogP contribution in [0.3, 0.4) is 0 Å². The third-order valence-corrected chi connectivity index (χ3v) is 5.71. The standard InChI is InChI=1S/C24H34N4O2.HI/c1-4-25-24(26-17-19-10-11-23(30-3)22(29)16-19)27-21-12-14-28(15-13-21)18(2)20-8-6-5-7-9-20;/h5-11,16,18,21,29H,4,12-15,17H2,1-3H3,(H2,25,26,27);1H.